The van der Waals surface area contributed by atoms with Crippen LogP contribution in [0.5, 0.6) is 5.75 Å². The van der Waals surface area contributed by atoms with Gasteiger partial charge >= 0.3 is 5.97 Å². The van der Waals surface area contributed by atoms with E-state index in [4.69, 9.17) is 9.47 Å². The van der Waals surface area contributed by atoms with Crippen LogP contribution in [0, 0.1) is 0 Å². The Balaban J connectivity index is 1.79. The number of ether oxygens (including phenoxy) is 2. The molecule has 1 N–H and O–H groups in total. The lowest BCUT2D eigenvalue weighted by Crippen LogP contribution is -2.31. The van der Waals surface area contributed by atoms with E-state index in [-0.39, 0.29) is 6.61 Å². The summed E-state index contributed by atoms with van der Waals surface area (Å²) in [5.74, 6) is -0.467. The molecule has 0 aliphatic rings. The second kappa shape index (κ2) is 8.33. The molecule has 2 aromatic rings. The van der Waals surface area contributed by atoms with Crippen molar-refractivity contribution in [1.82, 2.24) is 0 Å². The highest BCUT2D eigenvalue weighted by Crippen LogP contribution is 2.17. The molecule has 0 unspecified atom stereocenters. The molecular formula is C17H16BrNO4. The van der Waals surface area contributed by atoms with Gasteiger partial charge in [0.05, 0.1) is 0 Å². The van der Waals surface area contributed by atoms with Gasteiger partial charge in [-0.05, 0) is 37.3 Å². The quantitative estimate of drug-likeness (QED) is 0.783. The first-order chi connectivity index (χ1) is 11.0. The number of hydrogen-bond donors (Lipinski definition) is 1. The topological polar surface area (TPSA) is 64.6 Å². The smallest absolute Gasteiger partial charge is 0.344 e. The Morgan fingerprint density at radius 2 is 1.87 bits per heavy atom. The van der Waals surface area contributed by atoms with Gasteiger partial charge in [0, 0.05) is 10.2 Å². The molecule has 6 heteroatoms. The number of rotatable bonds is 6. The first-order valence-corrected chi connectivity index (χ1v) is 7.77. The number of amides is 1. The van der Waals surface area contributed by atoms with Crippen molar-refractivity contribution in [3.8, 4) is 5.75 Å². The van der Waals surface area contributed by atoms with Crippen molar-refractivity contribution in [2.75, 3.05) is 11.9 Å². The zero-order valence-corrected chi connectivity index (χ0v) is 14.1. The molecule has 0 heterocycles. The number of esters is 1. The number of carbonyl (C=O) groups excluding carboxylic acids is 2. The molecule has 0 spiro atoms. The predicted octanol–water partition coefficient (Wildman–Crippen LogP) is 3.40. The van der Waals surface area contributed by atoms with Crippen LogP contribution in [0.3, 0.4) is 0 Å². The Morgan fingerprint density at radius 3 is 2.57 bits per heavy atom. The highest BCUT2D eigenvalue weighted by atomic mass is 79.9. The first kappa shape index (κ1) is 17.0. The van der Waals surface area contributed by atoms with Gasteiger partial charge < -0.3 is 14.8 Å². The number of para-hydroxylation sites is 1. The second-order valence-electron chi connectivity index (χ2n) is 4.73. The SMILES string of the molecule is C[C@@H](OC(=O)COc1cccc(Br)c1)C(=O)Nc1ccccc1. The van der Waals surface area contributed by atoms with Crippen LogP contribution >= 0.6 is 15.9 Å². The third-order valence-corrected chi connectivity index (χ3v) is 3.36. The van der Waals surface area contributed by atoms with Crippen molar-refractivity contribution in [1.29, 1.82) is 0 Å². The maximum absolute atomic E-state index is 11.9. The van der Waals surface area contributed by atoms with E-state index in [9.17, 15) is 9.59 Å². The van der Waals surface area contributed by atoms with Crippen LogP contribution < -0.4 is 10.1 Å². The minimum atomic E-state index is -0.909. The van der Waals surface area contributed by atoms with Crippen LogP contribution in [0.1, 0.15) is 6.92 Å². The Labute approximate surface area is 142 Å². The molecule has 0 fully saturated rings. The average molecular weight is 378 g/mol. The van der Waals surface area contributed by atoms with E-state index in [0.717, 1.165) is 4.47 Å². The van der Waals surface area contributed by atoms with E-state index in [1.807, 2.05) is 12.1 Å². The average Bonchev–Trinajstić information content (AvgIpc) is 2.54. The summed E-state index contributed by atoms with van der Waals surface area (Å²) in [7, 11) is 0. The van der Waals surface area contributed by atoms with Crippen LogP contribution in [-0.2, 0) is 14.3 Å². The largest absolute Gasteiger partial charge is 0.482 e. The van der Waals surface area contributed by atoms with Crippen molar-refractivity contribution in [2.45, 2.75) is 13.0 Å². The van der Waals surface area contributed by atoms with Gasteiger partial charge in [0.15, 0.2) is 12.7 Å². The van der Waals surface area contributed by atoms with Crippen LogP contribution in [0.4, 0.5) is 5.69 Å². The lowest BCUT2D eigenvalue weighted by Gasteiger charge is -2.14. The van der Waals surface area contributed by atoms with Gasteiger partial charge in [0.1, 0.15) is 5.75 Å². The molecule has 0 aliphatic carbocycles. The minimum Gasteiger partial charge on any atom is -0.482 e. The molecule has 1 amide bonds. The van der Waals surface area contributed by atoms with Crippen LogP contribution in [-0.4, -0.2) is 24.6 Å². The molecule has 0 saturated heterocycles. The highest BCUT2D eigenvalue weighted by molar-refractivity contribution is 9.10. The summed E-state index contributed by atoms with van der Waals surface area (Å²) in [4.78, 5) is 23.7. The number of nitrogens with one attached hydrogen (secondary N) is 1. The summed E-state index contributed by atoms with van der Waals surface area (Å²) in [5.41, 5.74) is 0.644. The van der Waals surface area contributed by atoms with Crippen molar-refractivity contribution in [3.63, 3.8) is 0 Å². The first-order valence-electron chi connectivity index (χ1n) is 6.98. The number of hydrogen-bond acceptors (Lipinski definition) is 4. The van der Waals surface area contributed by atoms with Crippen molar-refractivity contribution in [3.05, 3.63) is 59.1 Å². The molecule has 1 atom stereocenters. The van der Waals surface area contributed by atoms with Crippen molar-refractivity contribution in [2.24, 2.45) is 0 Å². The second-order valence-corrected chi connectivity index (χ2v) is 5.65. The summed E-state index contributed by atoms with van der Waals surface area (Å²) in [6, 6.07) is 16.1. The molecule has 0 aromatic heterocycles. The molecule has 2 rings (SSSR count). The van der Waals surface area contributed by atoms with E-state index in [1.165, 1.54) is 6.92 Å². The van der Waals surface area contributed by atoms with Gasteiger partial charge in [-0.1, -0.05) is 40.2 Å². The number of anilines is 1. The molecular weight excluding hydrogens is 362 g/mol. The zero-order valence-electron chi connectivity index (χ0n) is 12.5. The van der Waals surface area contributed by atoms with Crippen LogP contribution in [0.2, 0.25) is 0 Å². The minimum absolute atomic E-state index is 0.264. The van der Waals surface area contributed by atoms with E-state index in [2.05, 4.69) is 21.2 Å². The number of halogens is 1. The summed E-state index contributed by atoms with van der Waals surface area (Å²) >= 11 is 3.31. The van der Waals surface area contributed by atoms with Gasteiger partial charge in [0.25, 0.3) is 5.91 Å². The summed E-state index contributed by atoms with van der Waals surface area (Å²) in [5, 5.41) is 2.67. The van der Waals surface area contributed by atoms with Gasteiger partial charge in [-0.15, -0.1) is 0 Å². The predicted molar refractivity (Wildman–Crippen MR) is 90.3 cm³/mol. The Morgan fingerprint density at radius 1 is 1.13 bits per heavy atom. The lowest BCUT2D eigenvalue weighted by atomic mass is 10.3. The van der Waals surface area contributed by atoms with E-state index >= 15 is 0 Å². The zero-order chi connectivity index (χ0) is 16.7. The summed E-state index contributed by atoms with van der Waals surface area (Å²) < 4.78 is 11.2. The van der Waals surface area contributed by atoms with E-state index < -0.39 is 18.0 Å². The highest BCUT2D eigenvalue weighted by Gasteiger charge is 2.18. The molecule has 2 aromatic carbocycles. The number of carbonyl (C=O) groups is 2. The van der Waals surface area contributed by atoms with Crippen molar-refractivity contribution >= 4 is 33.5 Å². The molecule has 0 saturated carbocycles. The summed E-state index contributed by atoms with van der Waals surface area (Å²) in [6.45, 7) is 1.24. The van der Waals surface area contributed by atoms with E-state index in [0.29, 0.717) is 11.4 Å². The molecule has 5 nitrogen and oxygen atoms in total. The fraction of sp³-hybridized carbons (Fsp3) is 0.176. The Hall–Kier alpha value is -2.34. The molecule has 0 aliphatic heterocycles. The third-order valence-electron chi connectivity index (χ3n) is 2.87. The van der Waals surface area contributed by atoms with Gasteiger partial charge in [-0.25, -0.2) is 4.79 Å². The normalized spacial score (nSPS) is 11.4. The summed E-state index contributed by atoms with van der Waals surface area (Å²) in [6.07, 6.45) is -0.909. The monoisotopic (exact) mass is 377 g/mol. The fourth-order valence-corrected chi connectivity index (χ4v) is 2.13. The Kier molecular flexibility index (Phi) is 6.17. The van der Waals surface area contributed by atoms with Crippen molar-refractivity contribution < 1.29 is 19.1 Å². The van der Waals surface area contributed by atoms with Crippen LogP contribution in [0.25, 0.3) is 0 Å². The number of benzene rings is 2. The Bertz CT molecular complexity index is 675. The molecule has 120 valence electrons. The lowest BCUT2D eigenvalue weighted by molar-refractivity contribution is -0.155. The van der Waals surface area contributed by atoms with Gasteiger partial charge in [-0.2, -0.15) is 0 Å². The van der Waals surface area contributed by atoms with E-state index in [1.54, 1.807) is 42.5 Å². The maximum atomic E-state index is 11.9. The van der Waals surface area contributed by atoms with Gasteiger partial charge in [0.2, 0.25) is 0 Å². The van der Waals surface area contributed by atoms with Gasteiger partial charge in [-0.3, -0.25) is 4.79 Å². The molecule has 0 radical (unpaired) electrons. The standard InChI is InChI=1S/C17H16BrNO4/c1-12(17(21)19-14-7-3-2-4-8-14)23-16(20)11-22-15-9-5-6-13(18)10-15/h2-10,12H,11H2,1H3,(H,19,21)/t12-/m1/s1. The third kappa shape index (κ3) is 5.75. The molecule has 0 bridgehead atoms. The molecule has 23 heavy (non-hydrogen) atoms. The van der Waals surface area contributed by atoms with Crippen LogP contribution in [0.15, 0.2) is 59.1 Å². The fourth-order valence-electron chi connectivity index (χ4n) is 1.75. The maximum Gasteiger partial charge on any atom is 0.344 e.